The van der Waals surface area contributed by atoms with E-state index in [2.05, 4.69) is 11.9 Å². The molecule has 7 rings (SSSR count). The second kappa shape index (κ2) is 11.9. The van der Waals surface area contributed by atoms with E-state index in [0.717, 1.165) is 44.6 Å². The Balaban J connectivity index is 1.45. The molecule has 11 heteroatoms. The number of nitrogens with zero attached hydrogens (tertiary/aromatic N) is 4. The van der Waals surface area contributed by atoms with Gasteiger partial charge in [-0.25, -0.2) is 9.37 Å². The number of methoxy groups -OCH3 is 1. The number of amides is 2. The number of pyridine rings is 1. The van der Waals surface area contributed by atoms with Crippen molar-refractivity contribution >= 4 is 33.2 Å². The van der Waals surface area contributed by atoms with Gasteiger partial charge in [0.15, 0.2) is 0 Å². The summed E-state index contributed by atoms with van der Waals surface area (Å²) in [6.45, 7) is 6.27. The van der Waals surface area contributed by atoms with Crippen LogP contribution >= 0.6 is 11.3 Å². The maximum absolute atomic E-state index is 14.6. The van der Waals surface area contributed by atoms with Crippen LogP contribution in [0, 0.1) is 5.82 Å². The van der Waals surface area contributed by atoms with E-state index in [1.807, 2.05) is 40.4 Å². The van der Waals surface area contributed by atoms with Crippen LogP contribution in [-0.4, -0.2) is 64.9 Å². The Bertz CT molecular complexity index is 1980. The monoisotopic (exact) mass is 623 g/mol. The lowest BCUT2D eigenvalue weighted by molar-refractivity contribution is -0.127. The van der Waals surface area contributed by atoms with Crippen LogP contribution in [0.1, 0.15) is 21.6 Å². The molecule has 5 heterocycles. The van der Waals surface area contributed by atoms with Gasteiger partial charge in [0, 0.05) is 58.6 Å². The molecule has 5 aromatic rings. The van der Waals surface area contributed by atoms with Gasteiger partial charge in [-0.15, -0.1) is 11.3 Å². The minimum Gasteiger partial charge on any atom is -0.490 e. The highest BCUT2D eigenvalue weighted by molar-refractivity contribution is 7.18. The quantitative estimate of drug-likeness (QED) is 0.182. The van der Waals surface area contributed by atoms with E-state index in [-0.39, 0.29) is 18.4 Å². The first-order valence-corrected chi connectivity index (χ1v) is 15.6. The maximum atomic E-state index is 14.6. The van der Waals surface area contributed by atoms with E-state index in [9.17, 15) is 14.0 Å². The topological polar surface area (TPSA) is 98.6 Å². The number of aromatic nitrogens is 3. The number of nitrogens with one attached hydrogen (secondary N) is 1. The number of fused-ring (bicyclic) bond motifs is 3. The smallest absolute Gasteiger partial charge is 0.251 e. The normalized spacial score (nSPS) is 14.2. The summed E-state index contributed by atoms with van der Waals surface area (Å²) in [7, 11) is 1.59. The number of hydrogen-bond acceptors (Lipinski definition) is 7. The molecule has 2 aromatic carbocycles. The summed E-state index contributed by atoms with van der Waals surface area (Å²) in [5.74, 6) is -0.237. The fourth-order valence-corrected chi connectivity index (χ4v) is 6.97. The van der Waals surface area contributed by atoms with Gasteiger partial charge in [-0.05, 0) is 59.8 Å². The molecule has 2 amide bonds. The zero-order chi connectivity index (χ0) is 31.1. The van der Waals surface area contributed by atoms with Crippen molar-refractivity contribution in [2.45, 2.75) is 19.5 Å². The van der Waals surface area contributed by atoms with Crippen LogP contribution in [0.25, 0.3) is 43.9 Å². The largest absolute Gasteiger partial charge is 0.490 e. The zero-order valence-corrected chi connectivity index (χ0v) is 25.5. The van der Waals surface area contributed by atoms with Crippen LogP contribution in [0.15, 0.2) is 66.6 Å². The molecule has 2 aliphatic heterocycles. The Labute approximate surface area is 262 Å². The predicted octanol–water partition coefficient (Wildman–Crippen LogP) is 5.47. The minimum absolute atomic E-state index is 0.0719. The highest BCUT2D eigenvalue weighted by Gasteiger charge is 2.27. The molecule has 0 saturated heterocycles. The zero-order valence-electron chi connectivity index (χ0n) is 24.6. The van der Waals surface area contributed by atoms with E-state index < -0.39 is 5.82 Å². The number of rotatable bonds is 8. The van der Waals surface area contributed by atoms with Gasteiger partial charge >= 0.3 is 0 Å². The molecule has 9 nitrogen and oxygen atoms in total. The highest BCUT2D eigenvalue weighted by Crippen LogP contribution is 2.46. The van der Waals surface area contributed by atoms with E-state index >= 15 is 0 Å². The van der Waals surface area contributed by atoms with Gasteiger partial charge < -0.3 is 19.7 Å². The highest BCUT2D eigenvalue weighted by atomic mass is 32.1. The van der Waals surface area contributed by atoms with Crippen LogP contribution in [0.2, 0.25) is 0 Å². The second-order valence-corrected chi connectivity index (χ2v) is 11.8. The van der Waals surface area contributed by atoms with Crippen LogP contribution in [0.4, 0.5) is 4.39 Å². The third-order valence-corrected chi connectivity index (χ3v) is 9.13. The number of carbonyl (C=O) groups is 2. The molecule has 3 aromatic heterocycles. The van der Waals surface area contributed by atoms with E-state index in [1.165, 1.54) is 18.2 Å². The lowest BCUT2D eigenvalue weighted by Crippen LogP contribution is -2.37. The molecule has 0 radical (unpaired) electrons. The third kappa shape index (κ3) is 5.27. The number of halogens is 1. The van der Waals surface area contributed by atoms with Crippen LogP contribution < -0.4 is 10.1 Å². The van der Waals surface area contributed by atoms with Crippen LogP contribution in [0.5, 0.6) is 5.75 Å². The Morgan fingerprint density at radius 1 is 1.11 bits per heavy atom. The number of thiophene rings is 1. The molecule has 0 saturated carbocycles. The maximum Gasteiger partial charge on any atom is 0.251 e. The van der Waals surface area contributed by atoms with Crippen molar-refractivity contribution in [3.8, 4) is 39.5 Å². The Morgan fingerprint density at radius 3 is 2.82 bits per heavy atom. The first kappa shape index (κ1) is 28.9. The average Bonchev–Trinajstić information content (AvgIpc) is 3.71. The second-order valence-electron chi connectivity index (χ2n) is 10.9. The summed E-state index contributed by atoms with van der Waals surface area (Å²) in [5.41, 5.74) is 6.89. The Morgan fingerprint density at radius 2 is 1.98 bits per heavy atom. The minimum atomic E-state index is -0.415. The van der Waals surface area contributed by atoms with Gasteiger partial charge in [-0.1, -0.05) is 12.6 Å². The van der Waals surface area contributed by atoms with Crippen LogP contribution in [-0.2, 0) is 29.0 Å². The van der Waals surface area contributed by atoms with E-state index in [0.29, 0.717) is 61.1 Å². The van der Waals surface area contributed by atoms with Gasteiger partial charge in [0.2, 0.25) is 5.91 Å². The van der Waals surface area contributed by atoms with Gasteiger partial charge in [0.25, 0.3) is 5.91 Å². The number of hydrogen-bond donors (Lipinski definition) is 1. The first-order valence-electron chi connectivity index (χ1n) is 14.7. The predicted molar refractivity (Wildman–Crippen MR) is 171 cm³/mol. The molecular weight excluding hydrogens is 593 g/mol. The molecular formula is C34H30FN5O4S. The number of ether oxygens (including phenoxy) is 2. The van der Waals surface area contributed by atoms with Crippen molar-refractivity contribution in [2.75, 3.05) is 33.4 Å². The molecule has 2 aliphatic rings. The van der Waals surface area contributed by atoms with Gasteiger partial charge in [0.1, 0.15) is 29.6 Å². The number of benzene rings is 2. The van der Waals surface area contributed by atoms with Crippen molar-refractivity contribution < 1.29 is 23.5 Å². The fourth-order valence-electron chi connectivity index (χ4n) is 6.01. The van der Waals surface area contributed by atoms with Crippen molar-refractivity contribution in [3.63, 3.8) is 0 Å². The summed E-state index contributed by atoms with van der Waals surface area (Å²) in [4.78, 5) is 31.9. The standard InChI is InChI=1S/C34H30FN5O4S/c1-3-29(41)39-11-12-40-23(19-39)18-27(38-40)32-30(25-7-5-22(35)17-28(25)44-14-13-43-2)33-26(9-15-45-33)31(37-32)21-4-6-24-20(16-21)8-10-36-34(24)42/h3-7,9,15-18H,1,8,10-14,19H2,2H3,(H,36,42). The van der Waals surface area contributed by atoms with Crippen molar-refractivity contribution in [1.82, 2.24) is 25.0 Å². The average molecular weight is 624 g/mol. The third-order valence-electron chi connectivity index (χ3n) is 8.20. The van der Waals surface area contributed by atoms with E-state index in [1.54, 1.807) is 29.4 Å². The molecule has 0 fully saturated rings. The summed E-state index contributed by atoms with van der Waals surface area (Å²) in [6.07, 6.45) is 2.06. The lowest BCUT2D eigenvalue weighted by atomic mass is 9.94. The Hall–Kier alpha value is -4.87. The molecule has 0 atom stereocenters. The first-order chi connectivity index (χ1) is 21.9. The number of carbonyl (C=O) groups excluding carboxylic acids is 2. The molecule has 45 heavy (non-hydrogen) atoms. The summed E-state index contributed by atoms with van der Waals surface area (Å²) in [5, 5.41) is 10.8. The van der Waals surface area contributed by atoms with Crippen molar-refractivity contribution in [1.29, 1.82) is 0 Å². The summed E-state index contributed by atoms with van der Waals surface area (Å²) >= 11 is 1.56. The lowest BCUT2D eigenvalue weighted by Gasteiger charge is -2.26. The van der Waals surface area contributed by atoms with E-state index in [4.69, 9.17) is 19.6 Å². The van der Waals surface area contributed by atoms with Gasteiger partial charge in [0.05, 0.1) is 31.1 Å². The van der Waals surface area contributed by atoms with Crippen LogP contribution in [0.3, 0.4) is 0 Å². The molecule has 0 unspecified atom stereocenters. The van der Waals surface area contributed by atoms with Crippen molar-refractivity contribution in [3.05, 3.63) is 89.2 Å². The Kier molecular flexibility index (Phi) is 7.64. The van der Waals surface area contributed by atoms with Crippen molar-refractivity contribution in [2.24, 2.45) is 0 Å². The molecule has 0 aliphatic carbocycles. The SMILES string of the molecule is C=CC(=O)N1CCn2nc(-c3nc(-c4ccc5c(c4)CCNC5=O)c4ccsc4c3-c3ccc(F)cc3OCCOC)cc2C1. The molecule has 228 valence electrons. The molecule has 0 spiro atoms. The van der Waals surface area contributed by atoms with Gasteiger partial charge in [-0.3, -0.25) is 14.3 Å². The molecule has 1 N–H and O–H groups in total. The summed E-state index contributed by atoms with van der Waals surface area (Å²) < 4.78 is 28.7. The summed E-state index contributed by atoms with van der Waals surface area (Å²) in [6, 6.07) is 14.3. The fraction of sp³-hybridized carbons (Fsp3) is 0.235. The molecule has 0 bridgehead atoms. The van der Waals surface area contributed by atoms with Gasteiger partial charge in [-0.2, -0.15) is 5.10 Å².